The van der Waals surface area contributed by atoms with Crippen LogP contribution in [0.3, 0.4) is 0 Å². The van der Waals surface area contributed by atoms with E-state index in [1.54, 1.807) is 26.0 Å². The fourth-order valence-corrected chi connectivity index (χ4v) is 3.89. The molecule has 0 fully saturated rings. The third kappa shape index (κ3) is 5.07. The van der Waals surface area contributed by atoms with Crippen molar-refractivity contribution in [3.63, 3.8) is 0 Å². The van der Waals surface area contributed by atoms with E-state index in [0.29, 0.717) is 18.9 Å². The third-order valence-corrected chi connectivity index (χ3v) is 5.99. The van der Waals surface area contributed by atoms with Crippen LogP contribution in [-0.4, -0.2) is 38.1 Å². The molecule has 6 heteroatoms. The lowest BCUT2D eigenvalue weighted by Crippen LogP contribution is -2.52. The van der Waals surface area contributed by atoms with Gasteiger partial charge in [0.05, 0.1) is 19.7 Å². The number of carbonyl (C=O) groups is 2. The molecular formula is C25H33N3O3. The Kier molecular flexibility index (Phi) is 7.33. The number of ether oxygens (including phenoxy) is 1. The highest BCUT2D eigenvalue weighted by Gasteiger charge is 2.32. The van der Waals surface area contributed by atoms with Gasteiger partial charge in [0.15, 0.2) is 0 Å². The Morgan fingerprint density at radius 1 is 1.19 bits per heavy atom. The maximum atomic E-state index is 13.6. The highest BCUT2D eigenvalue weighted by Crippen LogP contribution is 2.32. The van der Waals surface area contributed by atoms with Crippen LogP contribution in [0.15, 0.2) is 42.5 Å². The summed E-state index contributed by atoms with van der Waals surface area (Å²) in [4.78, 5) is 27.9. The standard InChI is InChI=1S/C25H33N3O3/c1-16(2)19-11-13-23(31-5)20(14-19)15-28-22-9-7-6-8-18(22)10-12-21(25(28)30)27-24(29)17(3)26-4/h6-9,11,13-14,16-17,21,26H,10,12,15H2,1-5H3,(H,27,29)/t17?,21-/m0/s1. The van der Waals surface area contributed by atoms with E-state index in [1.807, 2.05) is 24.3 Å². The van der Waals surface area contributed by atoms with Crippen LogP contribution in [-0.2, 0) is 22.6 Å². The van der Waals surface area contributed by atoms with Crippen LogP contribution in [0, 0.1) is 0 Å². The first-order valence-corrected chi connectivity index (χ1v) is 10.9. The van der Waals surface area contributed by atoms with Gasteiger partial charge in [0.1, 0.15) is 11.8 Å². The minimum absolute atomic E-state index is 0.0985. The molecule has 0 bridgehead atoms. The molecule has 2 amide bonds. The second-order valence-corrected chi connectivity index (χ2v) is 8.39. The minimum Gasteiger partial charge on any atom is -0.496 e. The molecule has 0 radical (unpaired) electrons. The fraction of sp³-hybridized carbons (Fsp3) is 0.440. The largest absolute Gasteiger partial charge is 0.496 e. The summed E-state index contributed by atoms with van der Waals surface area (Å²) in [5.41, 5.74) is 4.14. The smallest absolute Gasteiger partial charge is 0.249 e. The third-order valence-electron chi connectivity index (χ3n) is 5.99. The van der Waals surface area contributed by atoms with E-state index in [0.717, 1.165) is 29.0 Å². The van der Waals surface area contributed by atoms with Gasteiger partial charge < -0.3 is 20.3 Å². The molecule has 0 saturated heterocycles. The van der Waals surface area contributed by atoms with E-state index in [4.69, 9.17) is 4.74 Å². The summed E-state index contributed by atoms with van der Waals surface area (Å²) >= 11 is 0. The molecule has 2 atom stereocenters. The van der Waals surface area contributed by atoms with Gasteiger partial charge in [-0.15, -0.1) is 0 Å². The van der Waals surface area contributed by atoms with Gasteiger partial charge in [-0.25, -0.2) is 0 Å². The van der Waals surface area contributed by atoms with Gasteiger partial charge in [0.2, 0.25) is 11.8 Å². The van der Waals surface area contributed by atoms with Crippen molar-refractivity contribution in [3.8, 4) is 5.75 Å². The lowest BCUT2D eigenvalue weighted by Gasteiger charge is -2.28. The molecule has 2 aromatic rings. The number of hydrogen-bond acceptors (Lipinski definition) is 4. The summed E-state index contributed by atoms with van der Waals surface area (Å²) in [6.07, 6.45) is 1.29. The zero-order chi connectivity index (χ0) is 22.5. The number of anilines is 1. The maximum absolute atomic E-state index is 13.6. The predicted octanol–water partition coefficient (Wildman–Crippen LogP) is 3.39. The van der Waals surface area contributed by atoms with E-state index in [2.05, 4.69) is 42.7 Å². The van der Waals surface area contributed by atoms with Crippen LogP contribution in [0.5, 0.6) is 5.75 Å². The summed E-state index contributed by atoms with van der Waals surface area (Å²) in [5, 5.41) is 5.88. The second-order valence-electron chi connectivity index (χ2n) is 8.39. The number of hydrogen-bond donors (Lipinski definition) is 2. The van der Waals surface area contributed by atoms with Crippen LogP contribution < -0.4 is 20.3 Å². The van der Waals surface area contributed by atoms with Crippen molar-refractivity contribution >= 4 is 17.5 Å². The number of aryl methyl sites for hydroxylation is 1. The lowest BCUT2D eigenvalue weighted by atomic mass is 9.99. The van der Waals surface area contributed by atoms with Crippen molar-refractivity contribution in [2.45, 2.75) is 58.2 Å². The van der Waals surface area contributed by atoms with Crippen molar-refractivity contribution in [2.75, 3.05) is 19.1 Å². The summed E-state index contributed by atoms with van der Waals surface area (Å²) in [7, 11) is 3.38. The first kappa shape index (κ1) is 22.8. The minimum atomic E-state index is -0.574. The quantitative estimate of drug-likeness (QED) is 0.716. The van der Waals surface area contributed by atoms with Crippen LogP contribution >= 0.6 is 0 Å². The van der Waals surface area contributed by atoms with Gasteiger partial charge in [-0.3, -0.25) is 9.59 Å². The van der Waals surface area contributed by atoms with E-state index in [-0.39, 0.29) is 17.9 Å². The molecule has 0 aromatic heterocycles. The Morgan fingerprint density at radius 3 is 2.61 bits per heavy atom. The van der Waals surface area contributed by atoms with Crippen molar-refractivity contribution in [1.29, 1.82) is 0 Å². The van der Waals surface area contributed by atoms with E-state index in [9.17, 15) is 9.59 Å². The van der Waals surface area contributed by atoms with Crippen molar-refractivity contribution in [1.82, 2.24) is 10.6 Å². The van der Waals surface area contributed by atoms with Gasteiger partial charge in [-0.05, 0) is 56.0 Å². The number of fused-ring (bicyclic) bond motifs is 1. The number of carbonyl (C=O) groups excluding carboxylic acids is 2. The lowest BCUT2D eigenvalue weighted by molar-refractivity contribution is -0.128. The normalized spacial score (nSPS) is 17.2. The molecule has 0 saturated carbocycles. The highest BCUT2D eigenvalue weighted by atomic mass is 16.5. The number of benzene rings is 2. The van der Waals surface area contributed by atoms with Crippen LogP contribution in [0.25, 0.3) is 0 Å². The van der Waals surface area contributed by atoms with Gasteiger partial charge >= 0.3 is 0 Å². The number of rotatable bonds is 7. The average Bonchev–Trinajstić information content (AvgIpc) is 2.90. The molecule has 166 valence electrons. The van der Waals surface area contributed by atoms with Crippen molar-refractivity contribution < 1.29 is 14.3 Å². The Balaban J connectivity index is 1.98. The van der Waals surface area contributed by atoms with Gasteiger partial charge in [0, 0.05) is 11.3 Å². The summed E-state index contributed by atoms with van der Waals surface area (Å²) in [6, 6.07) is 13.2. The van der Waals surface area contributed by atoms with Crippen molar-refractivity contribution in [2.24, 2.45) is 0 Å². The zero-order valence-corrected chi connectivity index (χ0v) is 19.1. The molecule has 2 aromatic carbocycles. The van der Waals surface area contributed by atoms with Gasteiger partial charge in [0.25, 0.3) is 0 Å². The molecule has 2 N–H and O–H groups in total. The first-order valence-electron chi connectivity index (χ1n) is 10.9. The van der Waals surface area contributed by atoms with E-state index < -0.39 is 6.04 Å². The van der Waals surface area contributed by atoms with Crippen LogP contribution in [0.1, 0.15) is 49.8 Å². The molecule has 1 aliphatic rings. The Morgan fingerprint density at radius 2 is 1.94 bits per heavy atom. The number of methoxy groups -OCH3 is 1. The van der Waals surface area contributed by atoms with Gasteiger partial charge in [-0.1, -0.05) is 44.2 Å². The monoisotopic (exact) mass is 423 g/mol. The maximum Gasteiger partial charge on any atom is 0.249 e. The number of amides is 2. The molecule has 31 heavy (non-hydrogen) atoms. The molecule has 6 nitrogen and oxygen atoms in total. The molecule has 3 rings (SSSR count). The van der Waals surface area contributed by atoms with E-state index in [1.165, 1.54) is 5.56 Å². The Hall–Kier alpha value is -2.86. The molecule has 1 unspecified atom stereocenters. The Labute approximate surface area is 185 Å². The topological polar surface area (TPSA) is 70.7 Å². The predicted molar refractivity (Wildman–Crippen MR) is 123 cm³/mol. The van der Waals surface area contributed by atoms with Crippen LogP contribution in [0.2, 0.25) is 0 Å². The number of nitrogens with zero attached hydrogens (tertiary/aromatic N) is 1. The molecule has 1 aliphatic heterocycles. The number of para-hydroxylation sites is 1. The average molecular weight is 424 g/mol. The summed E-state index contributed by atoms with van der Waals surface area (Å²) in [6.45, 7) is 6.46. The SMILES string of the molecule is CNC(C)C(=O)N[C@H]1CCc2ccccc2N(Cc2cc(C(C)C)ccc2OC)C1=O. The first-order chi connectivity index (χ1) is 14.8. The van der Waals surface area contributed by atoms with E-state index >= 15 is 0 Å². The molecule has 0 spiro atoms. The van der Waals surface area contributed by atoms with Crippen molar-refractivity contribution in [3.05, 3.63) is 59.2 Å². The number of likely N-dealkylation sites (N-methyl/N-ethyl adjacent to an activating group) is 1. The Bertz CT molecular complexity index is 941. The van der Waals surface area contributed by atoms with Crippen LogP contribution in [0.4, 0.5) is 5.69 Å². The zero-order valence-electron chi connectivity index (χ0n) is 19.1. The number of nitrogens with one attached hydrogen (secondary N) is 2. The molecule has 1 heterocycles. The summed E-state index contributed by atoms with van der Waals surface area (Å²) < 4.78 is 5.60. The second kappa shape index (κ2) is 9.96. The molecular weight excluding hydrogens is 390 g/mol. The van der Waals surface area contributed by atoms with Gasteiger partial charge in [-0.2, -0.15) is 0 Å². The summed E-state index contributed by atoms with van der Waals surface area (Å²) in [5.74, 6) is 0.847. The fourth-order valence-electron chi connectivity index (χ4n) is 3.89. The molecule has 0 aliphatic carbocycles. The highest BCUT2D eigenvalue weighted by molar-refractivity contribution is 6.00.